The van der Waals surface area contributed by atoms with Crippen molar-refractivity contribution in [2.45, 2.75) is 90.0 Å². The highest BCUT2D eigenvalue weighted by molar-refractivity contribution is 5.86. The van der Waals surface area contributed by atoms with Gasteiger partial charge in [0.25, 0.3) is 0 Å². The minimum atomic E-state index is -0.189. The van der Waals surface area contributed by atoms with Crippen molar-refractivity contribution in [1.29, 1.82) is 0 Å². The lowest BCUT2D eigenvalue weighted by Gasteiger charge is -2.32. The minimum absolute atomic E-state index is 0. The molecule has 0 spiro atoms. The first-order valence-electron chi connectivity index (χ1n) is 10.3. The topological polar surface area (TPSA) is 57.5 Å². The number of benzene rings is 2. The Morgan fingerprint density at radius 2 is 1.38 bits per heavy atom. The maximum atomic E-state index is 6.60. The van der Waals surface area contributed by atoms with E-state index in [0.29, 0.717) is 5.92 Å². The van der Waals surface area contributed by atoms with Crippen molar-refractivity contribution in [3.8, 4) is 0 Å². The molecule has 1 unspecified atom stereocenters. The summed E-state index contributed by atoms with van der Waals surface area (Å²) in [4.78, 5) is 0. The van der Waals surface area contributed by atoms with Crippen molar-refractivity contribution in [3.05, 3.63) is 48.0 Å². The van der Waals surface area contributed by atoms with Crippen LogP contribution in [0.25, 0.3) is 10.8 Å². The fourth-order valence-electron chi connectivity index (χ4n) is 3.96. The highest BCUT2D eigenvalue weighted by atomic mass is 16.0. The van der Waals surface area contributed by atoms with Crippen molar-refractivity contribution in [2.24, 2.45) is 5.73 Å². The number of hydrogen-bond donors (Lipinski definition) is 1. The Morgan fingerprint density at radius 3 is 2.04 bits per heavy atom. The molecule has 2 aromatic carbocycles. The Bertz CT molecular complexity index is 624. The van der Waals surface area contributed by atoms with Crippen molar-refractivity contribution in [1.82, 2.24) is 0 Å². The second-order valence-corrected chi connectivity index (χ2v) is 8.21. The molecule has 0 bridgehead atoms. The van der Waals surface area contributed by atoms with Crippen molar-refractivity contribution in [2.75, 3.05) is 0 Å². The molecule has 2 rings (SSSR count). The van der Waals surface area contributed by atoms with Gasteiger partial charge in [-0.15, -0.1) is 0 Å². The SMILES string of the molecule is CCCCCCCCCCC(c1cccc2ccccc12)C(C)(C)N.O. The van der Waals surface area contributed by atoms with Gasteiger partial charge in [-0.3, -0.25) is 0 Å². The van der Waals surface area contributed by atoms with Gasteiger partial charge < -0.3 is 11.2 Å². The quantitative estimate of drug-likeness (QED) is 0.467. The van der Waals surface area contributed by atoms with E-state index >= 15 is 0 Å². The maximum Gasteiger partial charge on any atom is 0.0166 e. The molecule has 4 N–H and O–H groups in total. The second-order valence-electron chi connectivity index (χ2n) is 8.21. The van der Waals surface area contributed by atoms with Crippen LogP contribution >= 0.6 is 0 Å². The van der Waals surface area contributed by atoms with E-state index in [-0.39, 0.29) is 11.0 Å². The molecule has 2 aromatic rings. The van der Waals surface area contributed by atoms with Crippen molar-refractivity contribution < 1.29 is 5.48 Å². The first kappa shape index (κ1) is 22.7. The molecule has 0 saturated heterocycles. The largest absolute Gasteiger partial charge is 0.412 e. The van der Waals surface area contributed by atoms with Gasteiger partial charge in [0.2, 0.25) is 0 Å². The Labute approximate surface area is 160 Å². The van der Waals surface area contributed by atoms with Crippen LogP contribution in [0.1, 0.15) is 90.0 Å². The van der Waals surface area contributed by atoms with Crippen LogP contribution in [0.3, 0.4) is 0 Å². The van der Waals surface area contributed by atoms with E-state index in [0.717, 1.165) is 0 Å². The van der Waals surface area contributed by atoms with E-state index in [9.17, 15) is 0 Å². The predicted molar refractivity (Wildman–Crippen MR) is 116 cm³/mol. The van der Waals surface area contributed by atoms with Crippen LogP contribution in [0.2, 0.25) is 0 Å². The summed E-state index contributed by atoms with van der Waals surface area (Å²) in [5.41, 5.74) is 7.83. The second kappa shape index (κ2) is 11.4. The standard InChI is InChI=1S/C24H37N.H2O/c1-4-5-6-7-8-9-10-11-19-23(24(2,3)25)22-18-14-16-20-15-12-13-17-21(20)22;/h12-18,23H,4-11,19,25H2,1-3H3;1H2. The molecule has 0 aromatic heterocycles. The minimum Gasteiger partial charge on any atom is -0.412 e. The summed E-state index contributed by atoms with van der Waals surface area (Å²) in [6.07, 6.45) is 12.1. The fraction of sp³-hybridized carbons (Fsp3) is 0.583. The van der Waals surface area contributed by atoms with Gasteiger partial charge in [0, 0.05) is 11.5 Å². The molecule has 0 amide bonds. The molecular formula is C24H39NO. The molecule has 0 saturated carbocycles. The van der Waals surface area contributed by atoms with Gasteiger partial charge in [0.1, 0.15) is 0 Å². The smallest absolute Gasteiger partial charge is 0.0166 e. The van der Waals surface area contributed by atoms with Gasteiger partial charge in [0.15, 0.2) is 0 Å². The van der Waals surface area contributed by atoms with Gasteiger partial charge in [0.05, 0.1) is 0 Å². The van der Waals surface area contributed by atoms with E-state index in [1.807, 2.05) is 0 Å². The Kier molecular flexibility index (Phi) is 9.90. The van der Waals surface area contributed by atoms with Gasteiger partial charge >= 0.3 is 0 Å². The summed E-state index contributed by atoms with van der Waals surface area (Å²) >= 11 is 0. The van der Waals surface area contributed by atoms with E-state index in [1.54, 1.807) is 0 Å². The first-order valence-corrected chi connectivity index (χ1v) is 10.3. The van der Waals surface area contributed by atoms with E-state index < -0.39 is 0 Å². The monoisotopic (exact) mass is 357 g/mol. The summed E-state index contributed by atoms with van der Waals surface area (Å²) in [6, 6.07) is 15.4. The van der Waals surface area contributed by atoms with Crippen molar-refractivity contribution in [3.63, 3.8) is 0 Å². The average molecular weight is 358 g/mol. The molecule has 146 valence electrons. The lowest BCUT2D eigenvalue weighted by Crippen LogP contribution is -2.39. The van der Waals surface area contributed by atoms with Gasteiger partial charge in [-0.05, 0) is 36.6 Å². The van der Waals surface area contributed by atoms with Gasteiger partial charge in [-0.25, -0.2) is 0 Å². The summed E-state index contributed by atoms with van der Waals surface area (Å²) < 4.78 is 0. The zero-order valence-corrected chi connectivity index (χ0v) is 17.1. The highest BCUT2D eigenvalue weighted by Gasteiger charge is 2.27. The zero-order chi connectivity index (χ0) is 18.1. The van der Waals surface area contributed by atoms with Crippen LogP contribution in [-0.4, -0.2) is 11.0 Å². The maximum absolute atomic E-state index is 6.60. The summed E-state index contributed by atoms with van der Waals surface area (Å²) in [5.74, 6) is 0.415. The molecule has 0 radical (unpaired) electrons. The van der Waals surface area contributed by atoms with Crippen LogP contribution < -0.4 is 5.73 Å². The number of nitrogens with two attached hydrogens (primary N) is 1. The average Bonchev–Trinajstić information content (AvgIpc) is 2.59. The normalized spacial score (nSPS) is 12.8. The summed E-state index contributed by atoms with van der Waals surface area (Å²) in [7, 11) is 0. The summed E-state index contributed by atoms with van der Waals surface area (Å²) in [5, 5.41) is 2.69. The Hall–Kier alpha value is -1.38. The van der Waals surface area contributed by atoms with Crippen LogP contribution in [0.4, 0.5) is 0 Å². The molecule has 2 heteroatoms. The lowest BCUT2D eigenvalue weighted by molar-refractivity contribution is 0.378. The number of hydrogen-bond acceptors (Lipinski definition) is 1. The third-order valence-electron chi connectivity index (χ3n) is 5.44. The Morgan fingerprint density at radius 1 is 0.808 bits per heavy atom. The molecule has 2 nitrogen and oxygen atoms in total. The molecule has 0 aliphatic carbocycles. The third kappa shape index (κ3) is 6.74. The van der Waals surface area contributed by atoms with Crippen LogP contribution in [0, 0.1) is 0 Å². The van der Waals surface area contributed by atoms with Crippen LogP contribution in [-0.2, 0) is 0 Å². The van der Waals surface area contributed by atoms with E-state index in [2.05, 4.69) is 63.2 Å². The Balaban J connectivity index is 0.00000338. The molecule has 0 aliphatic heterocycles. The highest BCUT2D eigenvalue weighted by Crippen LogP contribution is 2.35. The van der Waals surface area contributed by atoms with E-state index in [1.165, 1.54) is 74.1 Å². The molecule has 0 aliphatic rings. The van der Waals surface area contributed by atoms with Gasteiger partial charge in [-0.2, -0.15) is 0 Å². The van der Waals surface area contributed by atoms with Crippen LogP contribution in [0.5, 0.6) is 0 Å². The number of fused-ring (bicyclic) bond motifs is 1. The number of unbranched alkanes of at least 4 members (excludes halogenated alkanes) is 7. The number of rotatable bonds is 11. The first-order chi connectivity index (χ1) is 12.0. The summed E-state index contributed by atoms with van der Waals surface area (Å²) in [6.45, 7) is 6.65. The van der Waals surface area contributed by atoms with Crippen LogP contribution in [0.15, 0.2) is 42.5 Å². The predicted octanol–water partition coefficient (Wildman–Crippen LogP) is 6.37. The van der Waals surface area contributed by atoms with Crippen molar-refractivity contribution >= 4 is 10.8 Å². The fourth-order valence-corrected chi connectivity index (χ4v) is 3.96. The molecule has 0 fully saturated rings. The molecule has 0 heterocycles. The zero-order valence-electron chi connectivity index (χ0n) is 17.1. The van der Waals surface area contributed by atoms with Gasteiger partial charge in [-0.1, -0.05) is 101 Å². The third-order valence-corrected chi connectivity index (χ3v) is 5.44. The molecule has 26 heavy (non-hydrogen) atoms. The molecular weight excluding hydrogens is 318 g/mol. The van der Waals surface area contributed by atoms with E-state index in [4.69, 9.17) is 5.73 Å². The molecule has 1 atom stereocenters. The lowest BCUT2D eigenvalue weighted by atomic mass is 9.77.